The summed E-state index contributed by atoms with van der Waals surface area (Å²) < 4.78 is 6.07. The van der Waals surface area contributed by atoms with Crippen molar-refractivity contribution in [2.45, 2.75) is 13.1 Å². The molecule has 0 spiro atoms. The summed E-state index contributed by atoms with van der Waals surface area (Å²) in [6.07, 6.45) is -0.465. The number of rotatable bonds is 1. The summed E-state index contributed by atoms with van der Waals surface area (Å²) in [6, 6.07) is 0. The number of carboxylic acid groups (broad SMARTS) is 1. The van der Waals surface area contributed by atoms with Gasteiger partial charge in [-0.2, -0.15) is 5.10 Å². The number of methoxy groups -OCH3 is 1. The minimum atomic E-state index is -1.08. The number of amides is 1. The lowest BCUT2D eigenvalue weighted by Crippen LogP contribution is -2.26. The predicted octanol–water partition coefficient (Wildman–Crippen LogP) is 0.200. The van der Waals surface area contributed by atoms with Crippen molar-refractivity contribution in [3.8, 4) is 0 Å². The van der Waals surface area contributed by atoms with E-state index in [9.17, 15) is 9.59 Å². The van der Waals surface area contributed by atoms with Gasteiger partial charge in [-0.15, -0.1) is 0 Å². The van der Waals surface area contributed by atoms with Crippen molar-refractivity contribution < 1.29 is 19.4 Å². The molecule has 2 rings (SSSR count). The molecule has 0 fully saturated rings. The number of carbonyl (C=O) groups excluding carboxylic acids is 1. The summed E-state index contributed by atoms with van der Waals surface area (Å²) in [7, 11) is 2.95. The van der Waals surface area contributed by atoms with Crippen LogP contribution in [0.2, 0.25) is 0 Å². The Labute approximate surface area is 91.2 Å². The largest absolute Gasteiger partial charge is 0.476 e. The van der Waals surface area contributed by atoms with Crippen LogP contribution in [0.4, 0.5) is 4.79 Å². The van der Waals surface area contributed by atoms with E-state index in [0.717, 1.165) is 5.69 Å². The van der Waals surface area contributed by atoms with Gasteiger partial charge in [0.2, 0.25) is 0 Å². The zero-order valence-electron chi connectivity index (χ0n) is 8.93. The van der Waals surface area contributed by atoms with E-state index in [-0.39, 0.29) is 12.2 Å². The molecule has 7 nitrogen and oxygen atoms in total. The molecule has 1 aliphatic heterocycles. The van der Waals surface area contributed by atoms with Crippen LogP contribution in [0, 0.1) is 0 Å². The highest BCUT2D eigenvalue weighted by atomic mass is 16.5. The van der Waals surface area contributed by atoms with E-state index < -0.39 is 12.1 Å². The van der Waals surface area contributed by atoms with Gasteiger partial charge in [0.15, 0.2) is 5.69 Å². The molecule has 0 unspecified atom stereocenters. The van der Waals surface area contributed by atoms with Gasteiger partial charge in [0.25, 0.3) is 0 Å². The van der Waals surface area contributed by atoms with Crippen LogP contribution in [0.5, 0.6) is 0 Å². The molecule has 0 saturated heterocycles. The van der Waals surface area contributed by atoms with Crippen molar-refractivity contribution in [3.05, 3.63) is 17.0 Å². The maximum absolute atomic E-state index is 11.3. The Kier molecular flexibility index (Phi) is 2.30. The van der Waals surface area contributed by atoms with E-state index in [1.54, 1.807) is 7.05 Å². The molecule has 2 heterocycles. The summed E-state index contributed by atoms with van der Waals surface area (Å²) in [5, 5.41) is 12.8. The van der Waals surface area contributed by atoms with Gasteiger partial charge in [0.1, 0.15) is 0 Å². The Balaban J connectivity index is 2.34. The van der Waals surface area contributed by atoms with E-state index in [2.05, 4.69) is 9.84 Å². The smallest absolute Gasteiger partial charge is 0.410 e. The highest BCUT2D eigenvalue weighted by molar-refractivity contribution is 5.88. The molecule has 1 N–H and O–H groups in total. The van der Waals surface area contributed by atoms with Crippen molar-refractivity contribution in [1.29, 1.82) is 0 Å². The first-order chi connectivity index (χ1) is 7.54. The van der Waals surface area contributed by atoms with E-state index in [1.165, 1.54) is 16.7 Å². The summed E-state index contributed by atoms with van der Waals surface area (Å²) in [6.45, 7) is 0.566. The van der Waals surface area contributed by atoms with Crippen LogP contribution < -0.4 is 0 Å². The van der Waals surface area contributed by atoms with Crippen molar-refractivity contribution in [2.75, 3.05) is 7.11 Å². The summed E-state index contributed by atoms with van der Waals surface area (Å²) >= 11 is 0. The van der Waals surface area contributed by atoms with Crippen LogP contribution in [0.15, 0.2) is 0 Å². The summed E-state index contributed by atoms with van der Waals surface area (Å²) in [5.41, 5.74) is 1.33. The van der Waals surface area contributed by atoms with E-state index in [0.29, 0.717) is 12.1 Å². The number of aromatic nitrogens is 2. The van der Waals surface area contributed by atoms with Crippen molar-refractivity contribution >= 4 is 12.1 Å². The second-order valence-electron chi connectivity index (χ2n) is 3.53. The monoisotopic (exact) mass is 225 g/mol. The molecule has 0 atom stereocenters. The van der Waals surface area contributed by atoms with Gasteiger partial charge in [-0.1, -0.05) is 0 Å². The fourth-order valence-electron chi connectivity index (χ4n) is 1.82. The second kappa shape index (κ2) is 3.51. The predicted molar refractivity (Wildman–Crippen MR) is 51.8 cm³/mol. The summed E-state index contributed by atoms with van der Waals surface area (Å²) in [4.78, 5) is 23.6. The quantitative estimate of drug-likeness (QED) is 0.738. The third-order valence-corrected chi connectivity index (χ3v) is 2.60. The Morgan fingerprint density at radius 1 is 1.44 bits per heavy atom. The van der Waals surface area contributed by atoms with Crippen LogP contribution >= 0.6 is 0 Å². The molecular weight excluding hydrogens is 214 g/mol. The Morgan fingerprint density at radius 2 is 2.12 bits per heavy atom. The molecular formula is C9H11N3O4. The van der Waals surface area contributed by atoms with E-state index >= 15 is 0 Å². The molecule has 1 aliphatic rings. The summed E-state index contributed by atoms with van der Waals surface area (Å²) in [5.74, 6) is -1.08. The minimum Gasteiger partial charge on any atom is -0.476 e. The third-order valence-electron chi connectivity index (χ3n) is 2.60. The molecule has 86 valence electrons. The number of carboxylic acids is 1. The molecule has 0 bridgehead atoms. The van der Waals surface area contributed by atoms with Gasteiger partial charge in [0, 0.05) is 12.6 Å². The number of aromatic carboxylic acids is 1. The van der Waals surface area contributed by atoms with Gasteiger partial charge in [-0.3, -0.25) is 9.58 Å². The van der Waals surface area contributed by atoms with E-state index in [1.807, 2.05) is 0 Å². The molecule has 1 aromatic heterocycles. The van der Waals surface area contributed by atoms with Crippen LogP contribution in [0.3, 0.4) is 0 Å². The zero-order chi connectivity index (χ0) is 11.9. The average Bonchev–Trinajstić information content (AvgIpc) is 2.78. The number of fused-ring (bicyclic) bond motifs is 1. The lowest BCUT2D eigenvalue weighted by atomic mass is 10.2. The Morgan fingerprint density at radius 3 is 2.69 bits per heavy atom. The highest BCUT2D eigenvalue weighted by Gasteiger charge is 2.32. The standard InChI is InChI=1S/C9H11N3O4/c1-11-6-4-12(9(15)16-2)3-5(6)7(10-11)8(13)14/h3-4H2,1-2H3,(H,13,14). The average molecular weight is 225 g/mol. The molecule has 0 aromatic carbocycles. The normalized spacial score (nSPS) is 13.8. The van der Waals surface area contributed by atoms with Crippen molar-refractivity contribution in [2.24, 2.45) is 7.05 Å². The number of ether oxygens (including phenoxy) is 1. The molecule has 1 amide bonds. The van der Waals surface area contributed by atoms with Crippen LogP contribution in [0.1, 0.15) is 21.7 Å². The van der Waals surface area contributed by atoms with Crippen LogP contribution in [-0.2, 0) is 24.9 Å². The topological polar surface area (TPSA) is 84.7 Å². The minimum absolute atomic E-state index is 0.00361. The third kappa shape index (κ3) is 1.40. The SMILES string of the molecule is COC(=O)N1Cc2c(C(=O)O)nn(C)c2C1. The zero-order valence-corrected chi connectivity index (χ0v) is 8.93. The van der Waals surface area contributed by atoms with Gasteiger partial charge >= 0.3 is 12.1 Å². The fraction of sp³-hybridized carbons (Fsp3) is 0.444. The number of nitrogens with zero attached hydrogens (tertiary/aromatic N) is 3. The lowest BCUT2D eigenvalue weighted by molar-refractivity contribution is 0.0686. The van der Waals surface area contributed by atoms with Crippen molar-refractivity contribution in [3.63, 3.8) is 0 Å². The highest BCUT2D eigenvalue weighted by Crippen LogP contribution is 2.25. The molecule has 0 saturated carbocycles. The van der Waals surface area contributed by atoms with Crippen molar-refractivity contribution in [1.82, 2.24) is 14.7 Å². The lowest BCUT2D eigenvalue weighted by Gasteiger charge is -2.13. The van der Waals surface area contributed by atoms with E-state index in [4.69, 9.17) is 5.11 Å². The molecule has 0 aliphatic carbocycles. The molecule has 0 radical (unpaired) electrons. The van der Waals surface area contributed by atoms with Gasteiger partial charge in [0.05, 0.1) is 25.9 Å². The van der Waals surface area contributed by atoms with Crippen LogP contribution in [0.25, 0.3) is 0 Å². The van der Waals surface area contributed by atoms with Gasteiger partial charge in [-0.05, 0) is 0 Å². The number of carbonyl (C=O) groups is 2. The first-order valence-electron chi connectivity index (χ1n) is 4.65. The maximum Gasteiger partial charge on any atom is 0.410 e. The second-order valence-corrected chi connectivity index (χ2v) is 3.53. The van der Waals surface area contributed by atoms with Gasteiger partial charge in [-0.25, -0.2) is 9.59 Å². The van der Waals surface area contributed by atoms with Crippen LogP contribution in [-0.4, -0.2) is 39.0 Å². The first-order valence-corrected chi connectivity index (χ1v) is 4.65. The molecule has 1 aromatic rings. The Bertz CT molecular complexity index is 466. The Hall–Kier alpha value is -2.05. The number of hydrogen-bond donors (Lipinski definition) is 1. The van der Waals surface area contributed by atoms with Gasteiger partial charge < -0.3 is 9.84 Å². The molecule has 16 heavy (non-hydrogen) atoms. The molecule has 7 heteroatoms. The number of hydrogen-bond acceptors (Lipinski definition) is 4. The first kappa shape index (κ1) is 10.5. The number of aryl methyl sites for hydroxylation is 1. The maximum atomic E-state index is 11.3. The fourth-order valence-corrected chi connectivity index (χ4v) is 1.82.